The molecule has 2 aromatic carbocycles. The molecule has 1 aliphatic heterocycles. The van der Waals surface area contributed by atoms with Crippen LogP contribution in [0.25, 0.3) is 11.0 Å². The topological polar surface area (TPSA) is 43.9 Å². The number of aryl methyl sites for hydroxylation is 2. The van der Waals surface area contributed by atoms with Gasteiger partial charge in [0.25, 0.3) is 0 Å². The van der Waals surface area contributed by atoms with Gasteiger partial charge in [-0.25, -0.2) is 4.79 Å². The number of fused-ring (bicyclic) bond motifs is 4. The maximum atomic E-state index is 12.3. The fourth-order valence-electron chi connectivity index (χ4n) is 4.51. The Labute approximate surface area is 172 Å². The molecule has 0 fully saturated rings. The molecule has 2 aliphatic rings. The summed E-state index contributed by atoms with van der Waals surface area (Å²) in [5, 5.41) is 2.21. The molecule has 5 rings (SSSR count). The fourth-order valence-corrected chi connectivity index (χ4v) is 4.83. The summed E-state index contributed by atoms with van der Waals surface area (Å²) in [5.41, 5.74) is 5.71. The van der Waals surface area contributed by atoms with Gasteiger partial charge in [0.2, 0.25) is 6.73 Å². The monoisotopic (exact) mass is 416 g/mol. The summed E-state index contributed by atoms with van der Waals surface area (Å²) in [4.78, 5) is 13.6. The van der Waals surface area contributed by atoms with E-state index in [-0.39, 0.29) is 5.63 Å². The molecule has 1 aromatic heterocycles. The molecule has 0 amide bonds. The summed E-state index contributed by atoms with van der Waals surface area (Å²) in [5.74, 6) is 0.853. The first-order chi connectivity index (χ1) is 13.5. The summed E-state index contributed by atoms with van der Waals surface area (Å²) in [6.07, 6.45) is 2.77. The van der Waals surface area contributed by atoms with Crippen molar-refractivity contribution in [1.82, 2.24) is 0 Å². The second-order valence-corrected chi connectivity index (χ2v) is 8.52. The van der Waals surface area contributed by atoms with Crippen LogP contribution in [0.3, 0.4) is 0 Å². The van der Waals surface area contributed by atoms with Crippen molar-refractivity contribution in [2.45, 2.75) is 39.3 Å². The maximum absolute atomic E-state index is 12.3. The van der Waals surface area contributed by atoms with E-state index < -0.39 is 0 Å². The summed E-state index contributed by atoms with van der Waals surface area (Å²) in [6.45, 7) is 4.18. The molecule has 0 spiro atoms. The van der Waals surface area contributed by atoms with Gasteiger partial charge in [0.1, 0.15) is 24.4 Å². The third-order valence-corrected chi connectivity index (χ3v) is 6.56. The Balaban J connectivity index is 1.52. The van der Waals surface area contributed by atoms with Crippen LogP contribution >= 0.6 is 23.2 Å². The smallest absolute Gasteiger partial charge is 0.339 e. The van der Waals surface area contributed by atoms with Crippen LogP contribution in [0.5, 0.6) is 5.75 Å². The molecule has 1 atom stereocenters. The van der Waals surface area contributed by atoms with Crippen LogP contribution in [0.4, 0.5) is 0 Å². The van der Waals surface area contributed by atoms with Gasteiger partial charge in [0, 0.05) is 27.6 Å². The number of hydrogen-bond donors (Lipinski definition) is 1. The molecular formula is C22H20Cl2NO3+. The van der Waals surface area contributed by atoms with Crippen LogP contribution in [0.2, 0.25) is 10.0 Å². The van der Waals surface area contributed by atoms with Gasteiger partial charge in [-0.2, -0.15) is 0 Å². The SMILES string of the molecule is Cc1c2c(cc3c4c(c(=O)oc13)CCC4)C[NH+](Cc1ccc(Cl)c(Cl)c1)CO2. The zero-order valence-electron chi connectivity index (χ0n) is 15.5. The molecule has 0 saturated heterocycles. The van der Waals surface area contributed by atoms with Gasteiger partial charge >= 0.3 is 5.63 Å². The van der Waals surface area contributed by atoms with Crippen LogP contribution in [0.15, 0.2) is 33.5 Å². The first-order valence-corrected chi connectivity index (χ1v) is 10.3. The van der Waals surface area contributed by atoms with Gasteiger partial charge < -0.3 is 9.15 Å². The van der Waals surface area contributed by atoms with Crippen molar-refractivity contribution >= 4 is 34.2 Å². The second-order valence-electron chi connectivity index (χ2n) is 7.71. The highest BCUT2D eigenvalue weighted by Gasteiger charge is 2.28. The lowest BCUT2D eigenvalue weighted by atomic mass is 9.99. The molecule has 1 unspecified atom stereocenters. The lowest BCUT2D eigenvalue weighted by molar-refractivity contribution is -0.945. The summed E-state index contributed by atoms with van der Waals surface area (Å²) < 4.78 is 11.8. The molecule has 1 N–H and O–H groups in total. The van der Waals surface area contributed by atoms with Crippen LogP contribution in [-0.2, 0) is 25.9 Å². The third kappa shape index (κ3) is 2.91. The molecule has 1 aliphatic carbocycles. The minimum absolute atomic E-state index is 0.189. The minimum atomic E-state index is -0.189. The van der Waals surface area contributed by atoms with Gasteiger partial charge in [-0.3, -0.25) is 4.90 Å². The van der Waals surface area contributed by atoms with E-state index in [0.717, 1.165) is 71.3 Å². The van der Waals surface area contributed by atoms with Gasteiger partial charge in [0.15, 0.2) is 0 Å². The number of rotatable bonds is 2. The number of quaternary nitrogens is 1. The summed E-state index contributed by atoms with van der Waals surface area (Å²) in [7, 11) is 0. The molecule has 6 heteroatoms. The quantitative estimate of drug-likeness (QED) is 0.645. The van der Waals surface area contributed by atoms with E-state index in [1.165, 1.54) is 4.90 Å². The van der Waals surface area contributed by atoms with Crippen molar-refractivity contribution < 1.29 is 14.1 Å². The largest absolute Gasteiger partial charge is 0.444 e. The maximum Gasteiger partial charge on any atom is 0.339 e. The van der Waals surface area contributed by atoms with Crippen molar-refractivity contribution in [3.05, 3.63) is 72.5 Å². The Morgan fingerprint density at radius 2 is 1.93 bits per heavy atom. The highest BCUT2D eigenvalue weighted by atomic mass is 35.5. The van der Waals surface area contributed by atoms with Crippen molar-refractivity contribution in [3.63, 3.8) is 0 Å². The lowest BCUT2D eigenvalue weighted by Crippen LogP contribution is -3.10. The predicted molar refractivity (Wildman–Crippen MR) is 110 cm³/mol. The second kappa shape index (κ2) is 6.80. The molecule has 144 valence electrons. The number of benzene rings is 2. The standard InChI is InChI=1S/C22H19Cl2NO3/c1-12-20-14(8-17-15-3-2-4-16(15)22(26)28-21(12)17)10-25(11-27-20)9-13-5-6-18(23)19(24)7-13/h5-8H,2-4,9-11H2,1H3/p+1. The van der Waals surface area contributed by atoms with Crippen molar-refractivity contribution in [2.75, 3.05) is 6.73 Å². The van der Waals surface area contributed by atoms with E-state index in [0.29, 0.717) is 22.4 Å². The predicted octanol–water partition coefficient (Wildman–Crippen LogP) is 3.83. The van der Waals surface area contributed by atoms with Gasteiger partial charge in [0.05, 0.1) is 10.0 Å². The molecular weight excluding hydrogens is 397 g/mol. The van der Waals surface area contributed by atoms with E-state index in [2.05, 4.69) is 6.07 Å². The molecule has 0 bridgehead atoms. The number of nitrogens with one attached hydrogen (secondary N) is 1. The molecule has 0 radical (unpaired) electrons. The molecule has 3 aromatic rings. The highest BCUT2D eigenvalue weighted by molar-refractivity contribution is 6.42. The number of hydrogen-bond acceptors (Lipinski definition) is 3. The molecule has 4 nitrogen and oxygen atoms in total. The Hall–Kier alpha value is -2.01. The van der Waals surface area contributed by atoms with Gasteiger partial charge in [-0.05, 0) is 49.9 Å². The highest BCUT2D eigenvalue weighted by Crippen LogP contribution is 2.36. The first-order valence-electron chi connectivity index (χ1n) is 9.52. The van der Waals surface area contributed by atoms with E-state index in [9.17, 15) is 4.79 Å². The van der Waals surface area contributed by atoms with Crippen molar-refractivity contribution in [2.24, 2.45) is 0 Å². The van der Waals surface area contributed by atoms with Gasteiger partial charge in [-0.1, -0.05) is 29.3 Å². The van der Waals surface area contributed by atoms with Crippen LogP contribution in [0.1, 0.15) is 34.2 Å². The van der Waals surface area contributed by atoms with E-state index in [1.54, 1.807) is 0 Å². The zero-order chi connectivity index (χ0) is 19.4. The molecule has 2 heterocycles. The minimum Gasteiger partial charge on any atom is -0.444 e. The first kappa shape index (κ1) is 18.0. The normalized spacial score (nSPS) is 18.0. The Bertz CT molecular complexity index is 1170. The van der Waals surface area contributed by atoms with E-state index >= 15 is 0 Å². The molecule has 0 saturated carbocycles. The zero-order valence-corrected chi connectivity index (χ0v) is 17.0. The number of ether oxygens (including phenoxy) is 1. The van der Waals surface area contributed by atoms with Crippen molar-refractivity contribution in [1.29, 1.82) is 0 Å². The van der Waals surface area contributed by atoms with Crippen LogP contribution in [0, 0.1) is 6.92 Å². The average Bonchev–Trinajstić information content (AvgIpc) is 3.17. The lowest BCUT2D eigenvalue weighted by Gasteiger charge is -2.28. The van der Waals surface area contributed by atoms with Crippen molar-refractivity contribution in [3.8, 4) is 5.75 Å². The Morgan fingerprint density at radius 3 is 2.75 bits per heavy atom. The fraction of sp³-hybridized carbons (Fsp3) is 0.318. The van der Waals surface area contributed by atoms with Crippen LogP contribution in [-0.4, -0.2) is 6.73 Å². The van der Waals surface area contributed by atoms with E-state index in [4.69, 9.17) is 32.4 Å². The molecule has 28 heavy (non-hydrogen) atoms. The Kier molecular flexibility index (Phi) is 4.38. The van der Waals surface area contributed by atoms with Gasteiger partial charge in [-0.15, -0.1) is 0 Å². The average molecular weight is 417 g/mol. The van der Waals surface area contributed by atoms with Crippen LogP contribution < -0.4 is 15.3 Å². The van der Waals surface area contributed by atoms with E-state index in [1.807, 2.05) is 25.1 Å². The number of halogens is 2. The Morgan fingerprint density at radius 1 is 1.11 bits per heavy atom. The summed E-state index contributed by atoms with van der Waals surface area (Å²) >= 11 is 12.2. The summed E-state index contributed by atoms with van der Waals surface area (Å²) in [6, 6.07) is 7.92. The third-order valence-electron chi connectivity index (χ3n) is 5.82.